The molecule has 0 aliphatic rings. The second-order valence-electron chi connectivity index (χ2n) is 4.84. The van der Waals surface area contributed by atoms with Crippen LogP contribution >= 0.6 is 0 Å². The molecule has 0 saturated heterocycles. The Labute approximate surface area is 121 Å². The molecule has 2 aromatic rings. The Morgan fingerprint density at radius 2 is 1.80 bits per heavy atom. The molecule has 0 spiro atoms. The van der Waals surface area contributed by atoms with Crippen molar-refractivity contribution in [2.45, 2.75) is 19.8 Å². The van der Waals surface area contributed by atoms with E-state index < -0.39 is 0 Å². The molecule has 1 N–H and O–H groups in total. The molecule has 0 aliphatic heterocycles. The number of nitrogens with one attached hydrogen (secondary N) is 1. The van der Waals surface area contributed by atoms with Crippen LogP contribution in [0.2, 0.25) is 0 Å². The lowest BCUT2D eigenvalue weighted by atomic mass is 10.0. The molecule has 0 radical (unpaired) electrons. The quantitative estimate of drug-likeness (QED) is 0.739. The van der Waals surface area contributed by atoms with Crippen molar-refractivity contribution in [2.24, 2.45) is 0 Å². The summed E-state index contributed by atoms with van der Waals surface area (Å²) < 4.78 is 0. The molecule has 0 bridgehead atoms. The fourth-order valence-electron chi connectivity index (χ4n) is 2.23. The van der Waals surface area contributed by atoms with Crippen molar-refractivity contribution in [3.8, 4) is 0 Å². The Morgan fingerprint density at radius 1 is 1.10 bits per heavy atom. The first-order valence-electron chi connectivity index (χ1n) is 7.01. The standard InChI is InChI=1S/C19H21N/c1-4-8-16-11-13-18(14-12-16)20-15(3)19-10-7-6-9-17(19)5-2/h5-7,9-14,20H,2-4,8H2,1H3. The van der Waals surface area contributed by atoms with Crippen molar-refractivity contribution in [3.63, 3.8) is 0 Å². The zero-order valence-corrected chi connectivity index (χ0v) is 12.0. The maximum Gasteiger partial charge on any atom is 0.0390 e. The summed E-state index contributed by atoms with van der Waals surface area (Å²) in [7, 11) is 0. The average molecular weight is 263 g/mol. The molecular weight excluding hydrogens is 242 g/mol. The second kappa shape index (κ2) is 6.76. The van der Waals surface area contributed by atoms with E-state index in [1.54, 1.807) is 0 Å². The molecule has 0 atom stereocenters. The summed E-state index contributed by atoms with van der Waals surface area (Å²) in [4.78, 5) is 0. The van der Waals surface area contributed by atoms with Gasteiger partial charge < -0.3 is 5.32 Å². The van der Waals surface area contributed by atoms with Gasteiger partial charge in [-0.25, -0.2) is 0 Å². The summed E-state index contributed by atoms with van der Waals surface area (Å²) in [5.41, 5.74) is 5.50. The molecule has 0 amide bonds. The third kappa shape index (κ3) is 3.39. The number of rotatable bonds is 6. The monoisotopic (exact) mass is 263 g/mol. The highest BCUT2D eigenvalue weighted by atomic mass is 14.9. The summed E-state index contributed by atoms with van der Waals surface area (Å²) in [5.74, 6) is 0. The molecule has 20 heavy (non-hydrogen) atoms. The number of hydrogen-bond acceptors (Lipinski definition) is 1. The molecule has 2 aromatic carbocycles. The predicted molar refractivity (Wildman–Crippen MR) is 89.6 cm³/mol. The Kier molecular flexibility index (Phi) is 4.78. The van der Waals surface area contributed by atoms with Crippen molar-refractivity contribution >= 4 is 17.5 Å². The first-order valence-corrected chi connectivity index (χ1v) is 7.01. The molecule has 0 saturated carbocycles. The van der Waals surface area contributed by atoms with E-state index in [0.29, 0.717) is 0 Å². The van der Waals surface area contributed by atoms with Crippen molar-refractivity contribution in [2.75, 3.05) is 5.32 Å². The highest BCUT2D eigenvalue weighted by molar-refractivity contribution is 5.80. The Hall–Kier alpha value is -2.28. The number of aryl methyl sites for hydroxylation is 1. The molecule has 1 heteroatoms. The van der Waals surface area contributed by atoms with E-state index in [4.69, 9.17) is 0 Å². The molecule has 102 valence electrons. The minimum atomic E-state index is 0.892. The van der Waals surface area contributed by atoms with Crippen LogP contribution in [0, 0.1) is 0 Å². The lowest BCUT2D eigenvalue weighted by molar-refractivity contribution is 0.922. The third-order valence-electron chi connectivity index (χ3n) is 3.29. The van der Waals surface area contributed by atoms with Gasteiger partial charge in [0.25, 0.3) is 0 Å². The fraction of sp³-hybridized carbons (Fsp3) is 0.158. The summed E-state index contributed by atoms with van der Waals surface area (Å²) in [6, 6.07) is 16.7. The van der Waals surface area contributed by atoms with Crippen LogP contribution in [0.15, 0.2) is 61.7 Å². The summed E-state index contributed by atoms with van der Waals surface area (Å²) in [5, 5.41) is 3.36. The smallest absolute Gasteiger partial charge is 0.0390 e. The van der Waals surface area contributed by atoms with Crippen molar-refractivity contribution < 1.29 is 0 Å². The van der Waals surface area contributed by atoms with Gasteiger partial charge >= 0.3 is 0 Å². The highest BCUT2D eigenvalue weighted by Gasteiger charge is 2.03. The van der Waals surface area contributed by atoms with Crippen LogP contribution in [0.5, 0.6) is 0 Å². The fourth-order valence-corrected chi connectivity index (χ4v) is 2.23. The van der Waals surface area contributed by atoms with Crippen molar-refractivity contribution in [1.82, 2.24) is 0 Å². The number of benzene rings is 2. The van der Waals surface area contributed by atoms with E-state index in [9.17, 15) is 0 Å². The Bertz CT molecular complexity index is 593. The Morgan fingerprint density at radius 3 is 2.45 bits per heavy atom. The molecule has 0 heterocycles. The first kappa shape index (κ1) is 14.1. The van der Waals surface area contributed by atoms with Crippen molar-refractivity contribution in [3.05, 3.63) is 78.4 Å². The van der Waals surface area contributed by atoms with Gasteiger partial charge in [0.05, 0.1) is 0 Å². The third-order valence-corrected chi connectivity index (χ3v) is 3.29. The van der Waals surface area contributed by atoms with E-state index in [1.165, 1.54) is 12.0 Å². The lowest BCUT2D eigenvalue weighted by Crippen LogP contribution is -1.99. The summed E-state index contributed by atoms with van der Waals surface area (Å²) in [6.07, 6.45) is 4.15. The predicted octanol–water partition coefficient (Wildman–Crippen LogP) is 5.36. The largest absolute Gasteiger partial charge is 0.356 e. The van der Waals surface area contributed by atoms with E-state index in [-0.39, 0.29) is 0 Å². The number of anilines is 1. The van der Waals surface area contributed by atoms with Gasteiger partial charge in [-0.15, -0.1) is 0 Å². The molecule has 0 aliphatic carbocycles. The van der Waals surface area contributed by atoms with E-state index in [0.717, 1.165) is 28.9 Å². The zero-order chi connectivity index (χ0) is 14.4. The van der Waals surface area contributed by atoms with E-state index in [1.807, 2.05) is 24.3 Å². The minimum Gasteiger partial charge on any atom is -0.356 e. The van der Waals surface area contributed by atoms with Gasteiger partial charge in [0.15, 0.2) is 0 Å². The average Bonchev–Trinajstić information content (AvgIpc) is 2.49. The molecule has 0 fully saturated rings. The zero-order valence-electron chi connectivity index (χ0n) is 12.0. The van der Waals surface area contributed by atoms with Gasteiger partial charge in [-0.1, -0.05) is 69.0 Å². The van der Waals surface area contributed by atoms with E-state index in [2.05, 4.69) is 55.7 Å². The second-order valence-corrected chi connectivity index (χ2v) is 4.84. The molecule has 0 unspecified atom stereocenters. The lowest BCUT2D eigenvalue weighted by Gasteiger charge is -2.12. The topological polar surface area (TPSA) is 12.0 Å². The van der Waals surface area contributed by atoms with Gasteiger partial charge in [-0.3, -0.25) is 0 Å². The van der Waals surface area contributed by atoms with Crippen LogP contribution in [-0.4, -0.2) is 0 Å². The summed E-state index contributed by atoms with van der Waals surface area (Å²) >= 11 is 0. The van der Waals surface area contributed by atoms with Crippen LogP contribution in [0.4, 0.5) is 5.69 Å². The van der Waals surface area contributed by atoms with Gasteiger partial charge in [0.2, 0.25) is 0 Å². The minimum absolute atomic E-state index is 0.892. The van der Waals surface area contributed by atoms with Crippen LogP contribution in [0.3, 0.4) is 0 Å². The Balaban J connectivity index is 2.13. The van der Waals surface area contributed by atoms with Crippen LogP contribution in [-0.2, 0) is 6.42 Å². The number of hydrogen-bond donors (Lipinski definition) is 1. The normalized spacial score (nSPS) is 10.1. The van der Waals surface area contributed by atoms with Gasteiger partial charge in [-0.2, -0.15) is 0 Å². The van der Waals surface area contributed by atoms with Crippen molar-refractivity contribution in [1.29, 1.82) is 0 Å². The molecule has 1 nitrogen and oxygen atoms in total. The van der Waals surface area contributed by atoms with Gasteiger partial charge in [0, 0.05) is 16.9 Å². The maximum absolute atomic E-state index is 4.13. The maximum atomic E-state index is 4.13. The van der Waals surface area contributed by atoms with E-state index >= 15 is 0 Å². The van der Waals surface area contributed by atoms with Gasteiger partial charge in [-0.05, 0) is 29.7 Å². The van der Waals surface area contributed by atoms with Gasteiger partial charge in [0.1, 0.15) is 0 Å². The van der Waals surface area contributed by atoms with Crippen LogP contribution in [0.25, 0.3) is 11.8 Å². The highest BCUT2D eigenvalue weighted by Crippen LogP contribution is 2.21. The summed E-state index contributed by atoms with van der Waals surface area (Å²) in [6.45, 7) is 10.2. The molecular formula is C19H21N. The van der Waals surface area contributed by atoms with Crippen LogP contribution < -0.4 is 5.32 Å². The molecule has 0 aromatic heterocycles. The van der Waals surface area contributed by atoms with Crippen LogP contribution in [0.1, 0.15) is 30.0 Å². The first-order chi connectivity index (χ1) is 9.74. The SMILES string of the molecule is C=Cc1ccccc1C(=C)Nc1ccc(CCC)cc1. The molecule has 2 rings (SSSR count).